The highest BCUT2D eigenvalue weighted by atomic mass is 16.6. The number of non-ortho nitro benzene ring substituents is 1. The summed E-state index contributed by atoms with van der Waals surface area (Å²) in [5.74, 6) is -0.223. The summed E-state index contributed by atoms with van der Waals surface area (Å²) in [7, 11) is 0. The Balaban J connectivity index is 1.90. The van der Waals surface area contributed by atoms with Crippen LogP contribution in [0.2, 0.25) is 0 Å². The van der Waals surface area contributed by atoms with E-state index in [4.69, 9.17) is 0 Å². The lowest BCUT2D eigenvalue weighted by Gasteiger charge is -2.39. The third kappa shape index (κ3) is 5.16. The number of nitrogens with zero attached hydrogens (tertiary/aromatic N) is 4. The predicted octanol–water partition coefficient (Wildman–Crippen LogP) is 2.00. The van der Waals surface area contributed by atoms with Gasteiger partial charge in [0.25, 0.3) is 5.69 Å². The van der Waals surface area contributed by atoms with Gasteiger partial charge in [0.05, 0.1) is 11.0 Å². The van der Waals surface area contributed by atoms with Crippen LogP contribution in [0.5, 0.6) is 0 Å². The molecule has 27 heavy (non-hydrogen) atoms. The number of anilines is 1. The lowest BCUT2D eigenvalue weighted by Crippen LogP contribution is -2.56. The van der Waals surface area contributed by atoms with Crippen LogP contribution in [0.3, 0.4) is 0 Å². The third-order valence-electron chi connectivity index (χ3n) is 4.87. The first-order chi connectivity index (χ1) is 12.9. The Labute approximate surface area is 159 Å². The maximum Gasteiger partial charge on any atom is 0.320 e. The van der Waals surface area contributed by atoms with Crippen molar-refractivity contribution in [3.05, 3.63) is 34.4 Å². The normalized spacial score (nSPS) is 15.9. The second kappa shape index (κ2) is 9.31. The van der Waals surface area contributed by atoms with Crippen molar-refractivity contribution in [1.29, 1.82) is 0 Å². The van der Waals surface area contributed by atoms with Crippen molar-refractivity contribution in [1.82, 2.24) is 14.7 Å². The maximum absolute atomic E-state index is 12.5. The standard InChI is InChI=1S/C18H27N5O4/c1-4-20(5-2)18(25)22-11-9-21(10-12-22)14(3)17(24)19-15-7-6-8-16(13-15)23(26)27/h6-8,13-14H,4-5,9-12H2,1-3H3,(H,19,24)/t14-/m0/s1. The largest absolute Gasteiger partial charge is 0.325 e. The van der Waals surface area contributed by atoms with Crippen LogP contribution in [0.15, 0.2) is 24.3 Å². The average Bonchev–Trinajstić information content (AvgIpc) is 2.68. The highest BCUT2D eigenvalue weighted by molar-refractivity contribution is 5.94. The molecule has 1 aliphatic rings. The van der Waals surface area contributed by atoms with Gasteiger partial charge in [0.2, 0.25) is 5.91 Å². The number of nitro benzene ring substituents is 1. The number of carbonyl (C=O) groups is 2. The number of carbonyl (C=O) groups excluding carboxylic acids is 2. The molecule has 0 unspecified atom stereocenters. The van der Waals surface area contributed by atoms with Crippen molar-refractivity contribution in [2.45, 2.75) is 26.8 Å². The molecule has 0 aliphatic carbocycles. The van der Waals surface area contributed by atoms with Crippen LogP contribution < -0.4 is 5.32 Å². The van der Waals surface area contributed by atoms with E-state index < -0.39 is 11.0 Å². The molecule has 2 rings (SSSR count). The monoisotopic (exact) mass is 377 g/mol. The Bertz CT molecular complexity index is 684. The summed E-state index contributed by atoms with van der Waals surface area (Å²) in [5.41, 5.74) is 0.334. The molecule has 1 atom stereocenters. The summed E-state index contributed by atoms with van der Waals surface area (Å²) < 4.78 is 0. The Morgan fingerprint density at radius 3 is 2.41 bits per heavy atom. The van der Waals surface area contributed by atoms with Gasteiger partial charge in [-0.05, 0) is 26.8 Å². The number of nitro groups is 1. The molecule has 3 amide bonds. The summed E-state index contributed by atoms with van der Waals surface area (Å²) in [5, 5.41) is 13.6. The lowest BCUT2D eigenvalue weighted by molar-refractivity contribution is -0.384. The summed E-state index contributed by atoms with van der Waals surface area (Å²) in [4.78, 5) is 40.9. The predicted molar refractivity (Wildman–Crippen MR) is 103 cm³/mol. The number of hydrogen-bond acceptors (Lipinski definition) is 5. The van der Waals surface area contributed by atoms with Crippen LogP contribution in [-0.2, 0) is 4.79 Å². The lowest BCUT2D eigenvalue weighted by atomic mass is 10.2. The minimum Gasteiger partial charge on any atom is -0.325 e. The Morgan fingerprint density at radius 2 is 1.85 bits per heavy atom. The zero-order valence-corrected chi connectivity index (χ0v) is 16.1. The van der Waals surface area contributed by atoms with Crippen molar-refractivity contribution in [2.24, 2.45) is 0 Å². The van der Waals surface area contributed by atoms with Crippen molar-refractivity contribution in [2.75, 3.05) is 44.6 Å². The van der Waals surface area contributed by atoms with Gasteiger partial charge >= 0.3 is 6.03 Å². The van der Waals surface area contributed by atoms with Gasteiger partial charge < -0.3 is 15.1 Å². The van der Waals surface area contributed by atoms with Crippen molar-refractivity contribution < 1.29 is 14.5 Å². The summed E-state index contributed by atoms with van der Waals surface area (Å²) in [6.07, 6.45) is 0. The molecule has 1 aliphatic heterocycles. The summed E-state index contributed by atoms with van der Waals surface area (Å²) in [6.45, 7) is 9.43. The zero-order valence-electron chi connectivity index (χ0n) is 16.1. The molecule has 148 valence electrons. The van der Waals surface area contributed by atoms with Gasteiger partial charge in [-0.25, -0.2) is 4.79 Å². The van der Waals surface area contributed by atoms with E-state index in [9.17, 15) is 19.7 Å². The second-order valence-electron chi connectivity index (χ2n) is 6.45. The van der Waals surface area contributed by atoms with Crippen LogP contribution >= 0.6 is 0 Å². The number of rotatable bonds is 6. The highest BCUT2D eigenvalue weighted by Gasteiger charge is 2.29. The van der Waals surface area contributed by atoms with E-state index in [1.165, 1.54) is 18.2 Å². The molecule has 0 aromatic heterocycles. The molecule has 1 heterocycles. The van der Waals surface area contributed by atoms with Crippen LogP contribution in [0.4, 0.5) is 16.2 Å². The third-order valence-corrected chi connectivity index (χ3v) is 4.87. The zero-order chi connectivity index (χ0) is 20.0. The fourth-order valence-electron chi connectivity index (χ4n) is 3.10. The van der Waals surface area contributed by atoms with Crippen LogP contribution in [0.1, 0.15) is 20.8 Å². The van der Waals surface area contributed by atoms with E-state index in [2.05, 4.69) is 5.32 Å². The number of nitrogens with one attached hydrogen (secondary N) is 1. The number of amides is 3. The van der Waals surface area contributed by atoms with Gasteiger partial charge in [0, 0.05) is 57.1 Å². The average molecular weight is 377 g/mol. The van der Waals surface area contributed by atoms with Crippen LogP contribution in [0.25, 0.3) is 0 Å². The number of hydrogen-bond donors (Lipinski definition) is 1. The molecule has 0 saturated carbocycles. The van der Waals surface area contributed by atoms with E-state index >= 15 is 0 Å². The van der Waals surface area contributed by atoms with E-state index in [0.29, 0.717) is 45.0 Å². The highest BCUT2D eigenvalue weighted by Crippen LogP contribution is 2.18. The molecule has 0 bridgehead atoms. The molecule has 1 N–H and O–H groups in total. The van der Waals surface area contributed by atoms with Gasteiger partial charge in [0.1, 0.15) is 0 Å². The number of urea groups is 1. The van der Waals surface area contributed by atoms with Crippen LogP contribution in [-0.4, -0.2) is 76.9 Å². The van der Waals surface area contributed by atoms with Crippen molar-refractivity contribution in [3.8, 4) is 0 Å². The minimum atomic E-state index is -0.495. The van der Waals surface area contributed by atoms with Crippen molar-refractivity contribution in [3.63, 3.8) is 0 Å². The molecular formula is C18H27N5O4. The molecule has 1 fully saturated rings. The van der Waals surface area contributed by atoms with Crippen LogP contribution in [0, 0.1) is 10.1 Å². The van der Waals surface area contributed by atoms with Gasteiger partial charge in [-0.1, -0.05) is 6.07 Å². The van der Waals surface area contributed by atoms with E-state index in [1.807, 2.05) is 23.6 Å². The molecular weight excluding hydrogens is 350 g/mol. The van der Waals surface area contributed by atoms with Gasteiger partial charge in [-0.15, -0.1) is 0 Å². The minimum absolute atomic E-state index is 0.0355. The molecule has 0 spiro atoms. The summed E-state index contributed by atoms with van der Waals surface area (Å²) >= 11 is 0. The summed E-state index contributed by atoms with van der Waals surface area (Å²) in [6, 6.07) is 5.52. The van der Waals surface area contributed by atoms with E-state index in [0.717, 1.165) is 0 Å². The Morgan fingerprint density at radius 1 is 1.22 bits per heavy atom. The Kier molecular flexibility index (Phi) is 7.12. The maximum atomic E-state index is 12.5. The fraction of sp³-hybridized carbons (Fsp3) is 0.556. The first kappa shape index (κ1) is 20.6. The Hall–Kier alpha value is -2.68. The first-order valence-corrected chi connectivity index (χ1v) is 9.20. The smallest absolute Gasteiger partial charge is 0.320 e. The van der Waals surface area contributed by atoms with E-state index in [1.54, 1.807) is 17.9 Å². The molecule has 1 saturated heterocycles. The SMILES string of the molecule is CCN(CC)C(=O)N1CCN([C@@H](C)C(=O)Nc2cccc([N+](=O)[O-])c2)CC1. The topological polar surface area (TPSA) is 99.0 Å². The molecule has 0 radical (unpaired) electrons. The quantitative estimate of drug-likeness (QED) is 0.604. The van der Waals surface area contributed by atoms with Gasteiger partial charge in [-0.2, -0.15) is 0 Å². The second-order valence-corrected chi connectivity index (χ2v) is 6.45. The van der Waals surface area contributed by atoms with E-state index in [-0.39, 0.29) is 17.6 Å². The fourth-order valence-corrected chi connectivity index (χ4v) is 3.10. The number of benzene rings is 1. The molecule has 9 heteroatoms. The molecule has 1 aromatic carbocycles. The molecule has 1 aromatic rings. The first-order valence-electron chi connectivity index (χ1n) is 9.20. The molecule has 9 nitrogen and oxygen atoms in total. The van der Waals surface area contributed by atoms with Crippen molar-refractivity contribution >= 4 is 23.3 Å². The number of piperazine rings is 1. The van der Waals surface area contributed by atoms with Gasteiger partial charge in [0.15, 0.2) is 0 Å². The van der Waals surface area contributed by atoms with Gasteiger partial charge in [-0.3, -0.25) is 19.8 Å².